The highest BCUT2D eigenvalue weighted by Gasteiger charge is 2.30. The van der Waals surface area contributed by atoms with E-state index in [0.29, 0.717) is 33.9 Å². The lowest BCUT2D eigenvalue weighted by Gasteiger charge is -2.31. The zero-order valence-corrected chi connectivity index (χ0v) is 21.1. The van der Waals surface area contributed by atoms with Crippen molar-refractivity contribution in [3.8, 4) is 0 Å². The van der Waals surface area contributed by atoms with E-state index in [1.165, 1.54) is 13.0 Å². The van der Waals surface area contributed by atoms with Crippen LogP contribution in [0.15, 0.2) is 36.4 Å². The van der Waals surface area contributed by atoms with Crippen molar-refractivity contribution < 1.29 is 26.8 Å². The molecule has 0 saturated carbocycles. The molecule has 0 saturated heterocycles. The molecule has 0 bridgehead atoms. The van der Waals surface area contributed by atoms with Crippen molar-refractivity contribution in [1.29, 1.82) is 0 Å². The van der Waals surface area contributed by atoms with Gasteiger partial charge in [-0.05, 0) is 43.2 Å². The predicted molar refractivity (Wildman–Crippen MR) is 128 cm³/mol. The van der Waals surface area contributed by atoms with E-state index in [0.717, 1.165) is 23.3 Å². The summed E-state index contributed by atoms with van der Waals surface area (Å²) < 4.78 is 52.6. The Hall–Kier alpha value is -2.43. The van der Waals surface area contributed by atoms with E-state index >= 15 is 0 Å². The predicted octanol–water partition coefficient (Wildman–Crippen LogP) is 3.98. The second-order valence-electron chi connectivity index (χ2n) is 7.59. The lowest BCUT2D eigenvalue weighted by atomic mass is 10.1. The molecule has 0 fully saturated rings. The lowest BCUT2D eigenvalue weighted by Crippen LogP contribution is -2.51. The Morgan fingerprint density at radius 2 is 1.76 bits per heavy atom. The van der Waals surface area contributed by atoms with Gasteiger partial charge in [-0.1, -0.05) is 36.2 Å². The summed E-state index contributed by atoms with van der Waals surface area (Å²) in [6.07, 6.45) is 1.51. The molecule has 12 heteroatoms. The highest BCUT2D eigenvalue weighted by Crippen LogP contribution is 2.25. The van der Waals surface area contributed by atoms with Crippen molar-refractivity contribution in [2.75, 3.05) is 23.7 Å². The van der Waals surface area contributed by atoms with Crippen LogP contribution in [0.3, 0.4) is 0 Å². The van der Waals surface area contributed by atoms with Gasteiger partial charge < -0.3 is 10.2 Å². The van der Waals surface area contributed by atoms with E-state index < -0.39 is 46.1 Å². The Bertz CT molecular complexity index is 1160. The van der Waals surface area contributed by atoms with E-state index in [4.69, 9.17) is 23.2 Å². The number of halogens is 4. The number of anilines is 1. The number of sulfonamides is 1. The maximum atomic E-state index is 13.8. The molecule has 0 aliphatic carbocycles. The Balaban J connectivity index is 2.42. The molecule has 1 atom stereocenters. The van der Waals surface area contributed by atoms with E-state index in [9.17, 15) is 26.8 Å². The first kappa shape index (κ1) is 27.8. The molecular formula is C22H25Cl2F2N3O4S. The highest BCUT2D eigenvalue weighted by molar-refractivity contribution is 7.92. The van der Waals surface area contributed by atoms with E-state index in [1.807, 2.05) is 6.92 Å². The van der Waals surface area contributed by atoms with Gasteiger partial charge in [0.1, 0.15) is 12.6 Å². The van der Waals surface area contributed by atoms with Gasteiger partial charge in [-0.3, -0.25) is 13.9 Å². The third-order valence-corrected chi connectivity index (χ3v) is 6.67. The second kappa shape index (κ2) is 11.8. The first-order valence-electron chi connectivity index (χ1n) is 10.3. The van der Waals surface area contributed by atoms with Gasteiger partial charge in [0.05, 0.1) is 11.9 Å². The average Bonchev–Trinajstić information content (AvgIpc) is 2.75. The largest absolute Gasteiger partial charge is 0.354 e. The maximum Gasteiger partial charge on any atom is 0.244 e. The lowest BCUT2D eigenvalue weighted by molar-refractivity contribution is -0.139. The topological polar surface area (TPSA) is 86.8 Å². The van der Waals surface area contributed by atoms with Gasteiger partial charge in [0, 0.05) is 29.2 Å². The third-order valence-electron chi connectivity index (χ3n) is 4.94. The number of amides is 2. The van der Waals surface area contributed by atoms with Gasteiger partial charge in [0.25, 0.3) is 0 Å². The van der Waals surface area contributed by atoms with Gasteiger partial charge in [0.2, 0.25) is 21.8 Å². The SMILES string of the molecule is CCCNC(=O)[C@@H](C)N(Cc1ccc(Cl)cc1Cl)C(=O)CN(c1ccc(F)c(F)c1)S(C)(=O)=O. The number of hydrogen-bond donors (Lipinski definition) is 1. The quantitative estimate of drug-likeness (QED) is 0.498. The standard InChI is InChI=1S/C22H25Cl2F2N3O4S/c1-4-9-27-22(31)14(2)28(12-15-5-6-16(23)10-18(15)24)21(30)13-29(34(3,32)33)17-7-8-19(25)20(26)11-17/h5-8,10-11,14H,4,9,12-13H2,1-3H3,(H,27,31)/t14-/m1/s1. The van der Waals surface area contributed by atoms with E-state index in [1.54, 1.807) is 12.1 Å². The van der Waals surface area contributed by atoms with Crippen molar-refractivity contribution in [1.82, 2.24) is 10.2 Å². The number of nitrogens with one attached hydrogen (secondary N) is 1. The van der Waals surface area contributed by atoms with E-state index in [2.05, 4.69) is 5.32 Å². The highest BCUT2D eigenvalue weighted by atomic mass is 35.5. The van der Waals surface area contributed by atoms with Gasteiger partial charge in [-0.2, -0.15) is 0 Å². The van der Waals surface area contributed by atoms with Crippen LogP contribution < -0.4 is 9.62 Å². The van der Waals surface area contributed by atoms with Crippen LogP contribution in [0.2, 0.25) is 10.0 Å². The summed E-state index contributed by atoms with van der Waals surface area (Å²) in [6.45, 7) is 2.88. The Morgan fingerprint density at radius 1 is 1.09 bits per heavy atom. The Morgan fingerprint density at radius 3 is 2.32 bits per heavy atom. The molecule has 2 aromatic rings. The number of nitrogens with zero attached hydrogens (tertiary/aromatic N) is 2. The fourth-order valence-corrected chi connectivity index (χ4v) is 4.38. The van der Waals surface area contributed by atoms with Crippen LogP contribution >= 0.6 is 23.2 Å². The minimum absolute atomic E-state index is 0.120. The second-order valence-corrected chi connectivity index (χ2v) is 10.3. The van der Waals surface area contributed by atoms with Crippen molar-refractivity contribution in [2.24, 2.45) is 0 Å². The van der Waals surface area contributed by atoms with Crippen LogP contribution in [0, 0.1) is 11.6 Å². The van der Waals surface area contributed by atoms with E-state index in [-0.39, 0.29) is 17.3 Å². The van der Waals surface area contributed by atoms with Crippen LogP contribution in [0.25, 0.3) is 0 Å². The zero-order valence-electron chi connectivity index (χ0n) is 18.8. The first-order valence-corrected chi connectivity index (χ1v) is 12.9. The minimum atomic E-state index is -4.07. The first-order chi connectivity index (χ1) is 15.8. The van der Waals surface area contributed by atoms with Gasteiger partial charge in [-0.25, -0.2) is 17.2 Å². The summed E-state index contributed by atoms with van der Waals surface area (Å²) in [4.78, 5) is 27.1. The van der Waals surface area contributed by atoms with Crippen molar-refractivity contribution in [2.45, 2.75) is 32.9 Å². The summed E-state index contributed by atoms with van der Waals surface area (Å²) in [6, 6.07) is 6.14. The number of carbonyl (C=O) groups excluding carboxylic acids is 2. The zero-order chi connectivity index (χ0) is 25.6. The summed E-state index contributed by atoms with van der Waals surface area (Å²) >= 11 is 12.2. The van der Waals surface area contributed by atoms with Crippen molar-refractivity contribution >= 4 is 50.7 Å². The molecule has 0 aliphatic rings. The molecule has 186 valence electrons. The van der Waals surface area contributed by atoms with Crippen LogP contribution in [-0.4, -0.2) is 50.5 Å². The van der Waals surface area contributed by atoms with Crippen LogP contribution in [0.1, 0.15) is 25.8 Å². The van der Waals surface area contributed by atoms with Gasteiger partial charge >= 0.3 is 0 Å². The molecule has 0 heterocycles. The Labute approximate surface area is 207 Å². The molecule has 0 radical (unpaired) electrons. The summed E-state index contributed by atoms with van der Waals surface area (Å²) in [7, 11) is -4.07. The van der Waals surface area contributed by atoms with Gasteiger partial charge in [0.15, 0.2) is 11.6 Å². The summed E-state index contributed by atoms with van der Waals surface area (Å²) in [5.74, 6) is -3.63. The molecule has 2 rings (SSSR count). The van der Waals surface area contributed by atoms with Crippen molar-refractivity contribution in [3.05, 3.63) is 63.6 Å². The van der Waals surface area contributed by atoms with Crippen LogP contribution in [-0.2, 0) is 26.2 Å². The van der Waals surface area contributed by atoms with Crippen LogP contribution in [0.4, 0.5) is 14.5 Å². The van der Waals surface area contributed by atoms with Crippen molar-refractivity contribution in [3.63, 3.8) is 0 Å². The average molecular weight is 536 g/mol. The normalized spacial score (nSPS) is 12.2. The molecule has 1 N–H and O–H groups in total. The summed E-state index contributed by atoms with van der Waals surface area (Å²) in [5.41, 5.74) is 0.246. The fraction of sp³-hybridized carbons (Fsp3) is 0.364. The molecule has 7 nitrogen and oxygen atoms in total. The molecular weight excluding hydrogens is 511 g/mol. The van der Waals surface area contributed by atoms with Gasteiger partial charge in [-0.15, -0.1) is 0 Å². The molecule has 0 aromatic heterocycles. The minimum Gasteiger partial charge on any atom is -0.354 e. The molecule has 0 unspecified atom stereocenters. The number of benzene rings is 2. The fourth-order valence-electron chi connectivity index (χ4n) is 3.07. The molecule has 2 amide bonds. The third kappa shape index (κ3) is 7.28. The van der Waals surface area contributed by atoms with Crippen LogP contribution in [0.5, 0.6) is 0 Å². The number of hydrogen-bond acceptors (Lipinski definition) is 4. The maximum absolute atomic E-state index is 13.8. The molecule has 0 spiro atoms. The number of rotatable bonds is 10. The molecule has 34 heavy (non-hydrogen) atoms. The summed E-state index contributed by atoms with van der Waals surface area (Å²) in [5, 5.41) is 3.33. The molecule has 2 aromatic carbocycles. The number of carbonyl (C=O) groups is 2. The smallest absolute Gasteiger partial charge is 0.244 e. The molecule has 0 aliphatic heterocycles. The Kier molecular flexibility index (Phi) is 9.66. The monoisotopic (exact) mass is 535 g/mol.